The number of amides is 2. The van der Waals surface area contributed by atoms with E-state index in [-0.39, 0.29) is 81.9 Å². The number of nitrogens with one attached hydrogen (secondary N) is 2. The van der Waals surface area contributed by atoms with Crippen LogP contribution in [0.5, 0.6) is 0 Å². The first-order chi connectivity index (χ1) is 62.0. The molecule has 0 aromatic heterocycles. The van der Waals surface area contributed by atoms with E-state index in [1.54, 1.807) is 0 Å². The summed E-state index contributed by atoms with van der Waals surface area (Å²) in [5.74, 6) is 2.97. The Hall–Kier alpha value is -7.18. The lowest BCUT2D eigenvalue weighted by Crippen LogP contribution is -2.59. The van der Waals surface area contributed by atoms with Gasteiger partial charge in [0, 0.05) is 94.5 Å². The number of hydrogen-bond donors (Lipinski definition) is 6. The molecule has 5 aliphatic carbocycles. The van der Waals surface area contributed by atoms with Crippen LogP contribution in [0.15, 0.2) is 190 Å². The lowest BCUT2D eigenvalue weighted by molar-refractivity contribution is -0.148. The van der Waals surface area contributed by atoms with E-state index in [1.165, 1.54) is 48.3 Å². The second-order valence-corrected chi connectivity index (χ2v) is 44.0. The fraction of sp³-hybridized carbons (Fsp3) is 0.627. The van der Waals surface area contributed by atoms with E-state index < -0.39 is 24.0 Å². The summed E-state index contributed by atoms with van der Waals surface area (Å²) in [6.45, 7) is 53.7. The molecule has 12 atom stereocenters. The third kappa shape index (κ3) is 38.1. The van der Waals surface area contributed by atoms with Crippen LogP contribution >= 0.6 is 0 Å². The van der Waals surface area contributed by atoms with Gasteiger partial charge in [-0.3, -0.25) is 24.0 Å². The van der Waals surface area contributed by atoms with Crippen molar-refractivity contribution < 1.29 is 57.7 Å². The quantitative estimate of drug-likeness (QED) is 0.0185. The van der Waals surface area contributed by atoms with E-state index >= 15 is 0 Å². The van der Waals surface area contributed by atoms with Crippen molar-refractivity contribution >= 4 is 51.3 Å². The normalized spacial score (nSPS) is 25.8. The Morgan fingerprint density at radius 2 is 0.864 bits per heavy atom. The van der Waals surface area contributed by atoms with Crippen molar-refractivity contribution in [3.8, 4) is 0 Å². The summed E-state index contributed by atoms with van der Waals surface area (Å²) in [5, 5.41) is 34.3. The van der Waals surface area contributed by atoms with Crippen LogP contribution in [0.25, 0.3) is 0 Å². The molecule has 22 heteroatoms. The Bertz CT molecular complexity index is 4220. The van der Waals surface area contributed by atoms with E-state index in [4.69, 9.17) is 34.4 Å². The van der Waals surface area contributed by atoms with Crippen LogP contribution in [0.3, 0.4) is 0 Å². The summed E-state index contributed by atoms with van der Waals surface area (Å²) < 4.78 is 22.9. The van der Waals surface area contributed by atoms with Crippen molar-refractivity contribution in [2.24, 2.45) is 69.8 Å². The van der Waals surface area contributed by atoms with E-state index in [0.717, 1.165) is 148 Å². The lowest BCUT2D eigenvalue weighted by Gasteiger charge is -2.46. The maximum atomic E-state index is 13.7. The van der Waals surface area contributed by atoms with Crippen molar-refractivity contribution in [1.29, 1.82) is 0 Å². The molecule has 2 amide bonds. The maximum Gasteiger partial charge on any atom is 0.488 e. The zero-order chi connectivity index (χ0) is 97.9. The SMILES string of the molecule is C=CC1CCC(CN(C)Cc2ccccc2)C(=O)C1.C=CC1CCC(CN(C)Cc2ccccc2)C(C)(C(=O)NC(C)(C)C)C1.C=CC1CCCC(=O)C1.CC1(C)O[B]OC1(C)C.CCCc1ccccc1.CN(Cc1ccccc1)CC1CCC(CCB(O)O)CC1(N)C(=O)O.CN(Cc1ccccc1)CC1CCC(CCB2OC(C)(C)C(C)(C)O2)CC1(C)C(=O)NC(C)(C)C. The van der Waals surface area contributed by atoms with Crippen LogP contribution < -0.4 is 16.4 Å². The van der Waals surface area contributed by atoms with Gasteiger partial charge >= 0.3 is 27.9 Å². The summed E-state index contributed by atoms with van der Waals surface area (Å²) in [7, 11) is 8.34. The number of ketones is 2. The van der Waals surface area contributed by atoms with E-state index in [2.05, 4.69) is 282 Å². The Labute approximate surface area is 800 Å². The van der Waals surface area contributed by atoms with E-state index in [0.29, 0.717) is 72.9 Å². The molecule has 5 aromatic rings. The van der Waals surface area contributed by atoms with Crippen LogP contribution in [0.1, 0.15) is 268 Å². The Morgan fingerprint density at radius 3 is 1.23 bits per heavy atom. The Morgan fingerprint density at radius 1 is 0.492 bits per heavy atom. The summed E-state index contributed by atoms with van der Waals surface area (Å²) >= 11 is 0. The standard InChI is InChI=1S/C29H49BN2O3.C23H36N2O.C18H29BN2O4.C17H23NO.C9H12.C8H12O.C6H12BO2/c1-26(2,3)31-25(33)29(8)19-22(17-18-30-34-27(4,5)28(6,7)35-30)15-16-24(29)21-32(9)20-23-13-11-10-12-14-23;1-7-18-13-14-20(17-25(6)16-19-11-9-8-10-12-19)23(5,15-18)21(26)24-22(2,3)4;1-21(12-15-5-3-2-4-6-15)13-16-8-7-14(9-10-19(24)25)11-18(16,20)17(22)23;1-3-14-9-10-16(17(19)11-14)13-18(2)12-15-7-5-4-6-8-15;1-2-6-9-7-4-3-5-8-9;1-2-7-4-3-5-8(9)6-7;1-5(2)6(3,4)9-7-8-5/h10-14,22,24H,15-21H2,1-9H3,(H,31,33);7-12,18,20H,1,13-17H2,2-6H3,(H,24,26);2-6,14,16,24-25H,7-13,20H2,1H3,(H,22,23);3-8,14,16H,1,9-13H2,2H3;3-5,7-8H,2,6H2,1H3;2,7H,1,3-6H2;1-4H3. The average Bonchev–Trinajstić information content (AvgIpc) is 1.75. The first-order valence-corrected chi connectivity index (χ1v) is 49.4. The number of rotatable bonds is 30. The molecular formula is C110H173B3N7O12. The van der Waals surface area contributed by atoms with Gasteiger partial charge in [0.15, 0.2) is 0 Å². The minimum Gasteiger partial charge on any atom is -0.480 e. The smallest absolute Gasteiger partial charge is 0.480 e. The third-order valence-corrected chi connectivity index (χ3v) is 28.8. The first kappa shape index (κ1) is 114. The fourth-order valence-electron chi connectivity index (χ4n) is 19.4. The molecule has 2 saturated heterocycles. The average molecular weight is 1820 g/mol. The molecule has 729 valence electrons. The maximum absolute atomic E-state index is 13.7. The monoisotopic (exact) mass is 1820 g/mol. The molecule has 2 heterocycles. The molecule has 7 N–H and O–H groups in total. The van der Waals surface area contributed by atoms with Crippen LogP contribution in [-0.4, -0.2) is 179 Å². The number of nitrogens with zero attached hydrogens (tertiary/aromatic N) is 4. The fourth-order valence-corrected chi connectivity index (χ4v) is 19.4. The Kier molecular flexibility index (Phi) is 46.0. The minimum atomic E-state index is -1.34. The number of aryl methyl sites for hydroxylation is 1. The minimum absolute atomic E-state index is 0.117. The zero-order valence-corrected chi connectivity index (χ0v) is 85.3. The van der Waals surface area contributed by atoms with Crippen LogP contribution in [0, 0.1) is 64.1 Å². The van der Waals surface area contributed by atoms with Gasteiger partial charge in [-0.15, -0.1) is 19.7 Å². The van der Waals surface area contributed by atoms with Gasteiger partial charge in [0.25, 0.3) is 0 Å². The van der Waals surface area contributed by atoms with E-state index in [1.807, 2.05) is 83.3 Å². The molecular weight excluding hydrogens is 1640 g/mol. The van der Waals surface area contributed by atoms with Gasteiger partial charge in [-0.2, -0.15) is 0 Å². The van der Waals surface area contributed by atoms with Crippen molar-refractivity contribution in [3.05, 3.63) is 217 Å². The largest absolute Gasteiger partial charge is 0.488 e. The van der Waals surface area contributed by atoms with Gasteiger partial charge < -0.3 is 69.7 Å². The van der Waals surface area contributed by atoms with Crippen LogP contribution in [0.4, 0.5) is 0 Å². The molecule has 132 heavy (non-hydrogen) atoms. The number of aliphatic carboxylic acids is 1. The van der Waals surface area contributed by atoms with Gasteiger partial charge in [-0.25, -0.2) is 0 Å². The Balaban J connectivity index is 0.000000250. The number of carbonyl (C=O) groups excluding carboxylic acids is 4. The van der Waals surface area contributed by atoms with Crippen molar-refractivity contribution in [2.75, 3.05) is 54.4 Å². The van der Waals surface area contributed by atoms with Gasteiger partial charge in [0.1, 0.15) is 17.1 Å². The molecule has 5 aromatic carbocycles. The van der Waals surface area contributed by atoms with E-state index in [9.17, 15) is 29.1 Å². The second kappa shape index (κ2) is 53.5. The molecule has 12 unspecified atom stereocenters. The number of nitrogens with two attached hydrogens (primary N) is 1. The van der Waals surface area contributed by atoms with Gasteiger partial charge in [-0.1, -0.05) is 216 Å². The highest BCUT2D eigenvalue weighted by molar-refractivity contribution is 6.45. The number of carboxylic acid groups (broad SMARTS) is 1. The molecule has 7 fully saturated rings. The third-order valence-electron chi connectivity index (χ3n) is 28.8. The van der Waals surface area contributed by atoms with Crippen LogP contribution in [0.2, 0.25) is 12.6 Å². The molecule has 5 saturated carbocycles. The number of benzene rings is 5. The lowest BCUT2D eigenvalue weighted by atomic mass is 9.61. The van der Waals surface area contributed by atoms with Crippen molar-refractivity contribution in [2.45, 2.75) is 324 Å². The highest BCUT2D eigenvalue weighted by Crippen LogP contribution is 2.49. The number of hydrogen-bond acceptors (Lipinski definition) is 16. The molecule has 0 spiro atoms. The topological polar surface area (TPSA) is 246 Å². The summed E-state index contributed by atoms with van der Waals surface area (Å²) in [6.07, 6.45) is 25.9. The van der Waals surface area contributed by atoms with Crippen molar-refractivity contribution in [3.63, 3.8) is 0 Å². The molecule has 19 nitrogen and oxygen atoms in total. The zero-order valence-electron chi connectivity index (χ0n) is 85.3. The predicted molar refractivity (Wildman–Crippen MR) is 545 cm³/mol. The highest BCUT2D eigenvalue weighted by atomic mass is 16.7. The number of carboxylic acids is 1. The second-order valence-electron chi connectivity index (χ2n) is 44.0. The molecule has 7 aliphatic rings. The number of Topliss-reactive ketones (excluding diaryl/α,β-unsaturated/α-hetero) is 2. The van der Waals surface area contributed by atoms with Gasteiger partial charge in [0.2, 0.25) is 11.8 Å². The molecule has 1 radical (unpaired) electrons. The highest BCUT2D eigenvalue weighted by Gasteiger charge is 2.53. The summed E-state index contributed by atoms with van der Waals surface area (Å²) in [6, 6.07) is 52.2. The summed E-state index contributed by atoms with van der Waals surface area (Å²) in [4.78, 5) is 70.7. The predicted octanol–water partition coefficient (Wildman–Crippen LogP) is 20.7. The van der Waals surface area contributed by atoms with Gasteiger partial charge in [0.05, 0.1) is 33.2 Å². The van der Waals surface area contributed by atoms with Crippen LogP contribution in [-0.2, 0) is 75.2 Å². The molecule has 12 rings (SSSR count). The number of allylic oxidation sites excluding steroid dienone is 3. The van der Waals surface area contributed by atoms with Gasteiger partial charge in [-0.05, 0) is 290 Å². The molecule has 2 aliphatic heterocycles. The number of carbonyl (C=O) groups is 5. The molecule has 0 bridgehead atoms. The summed E-state index contributed by atoms with van der Waals surface area (Å²) in [5.41, 5.74) is 9.49. The first-order valence-electron chi connectivity index (χ1n) is 49.4. The van der Waals surface area contributed by atoms with Crippen molar-refractivity contribution in [1.82, 2.24) is 30.2 Å².